The van der Waals surface area contributed by atoms with Crippen LogP contribution >= 0.6 is 22.9 Å². The van der Waals surface area contributed by atoms with E-state index in [1.807, 2.05) is 0 Å². The first kappa shape index (κ1) is 11.6. The van der Waals surface area contributed by atoms with Crippen molar-refractivity contribution in [2.75, 3.05) is 0 Å². The normalized spacial score (nSPS) is 24.6. The molecule has 1 aliphatic carbocycles. The monoisotopic (exact) mass is 258 g/mol. The van der Waals surface area contributed by atoms with Crippen molar-refractivity contribution in [3.8, 4) is 0 Å². The number of carbonyl (C=O) groups is 2. The number of thiophene rings is 1. The zero-order valence-corrected chi connectivity index (χ0v) is 10.1. The number of ketones is 1. The summed E-state index contributed by atoms with van der Waals surface area (Å²) in [5.41, 5.74) is 0. The van der Waals surface area contributed by atoms with Gasteiger partial charge >= 0.3 is 5.97 Å². The van der Waals surface area contributed by atoms with E-state index in [0.717, 1.165) is 6.42 Å². The third kappa shape index (κ3) is 2.13. The Morgan fingerprint density at radius 1 is 1.31 bits per heavy atom. The average molecular weight is 259 g/mol. The summed E-state index contributed by atoms with van der Waals surface area (Å²) in [6.07, 6.45) is 2.09. The second-order valence-electron chi connectivity index (χ2n) is 3.95. The summed E-state index contributed by atoms with van der Waals surface area (Å²) in [6.45, 7) is 0. The molecule has 1 aromatic heterocycles. The molecule has 86 valence electrons. The van der Waals surface area contributed by atoms with Crippen LogP contribution in [0, 0.1) is 11.8 Å². The molecule has 2 atom stereocenters. The van der Waals surface area contributed by atoms with E-state index in [0.29, 0.717) is 22.1 Å². The number of carboxylic acids is 1. The fourth-order valence-electron chi connectivity index (χ4n) is 2.20. The van der Waals surface area contributed by atoms with Gasteiger partial charge in [0, 0.05) is 5.92 Å². The number of rotatable bonds is 3. The first-order valence-electron chi connectivity index (χ1n) is 5.12. The zero-order valence-electron chi connectivity index (χ0n) is 8.48. The molecule has 0 radical (unpaired) electrons. The summed E-state index contributed by atoms with van der Waals surface area (Å²) in [6, 6.07) is 3.34. The largest absolute Gasteiger partial charge is 0.481 e. The van der Waals surface area contributed by atoms with Gasteiger partial charge in [0.1, 0.15) is 0 Å². The molecule has 1 heterocycles. The highest BCUT2D eigenvalue weighted by Gasteiger charge is 2.38. The quantitative estimate of drug-likeness (QED) is 0.848. The van der Waals surface area contributed by atoms with Crippen molar-refractivity contribution in [3.05, 3.63) is 21.3 Å². The highest BCUT2D eigenvalue weighted by molar-refractivity contribution is 7.18. The first-order chi connectivity index (χ1) is 7.59. The van der Waals surface area contributed by atoms with Crippen LogP contribution < -0.4 is 0 Å². The zero-order chi connectivity index (χ0) is 11.7. The Labute approximate surface area is 102 Å². The molecule has 1 aliphatic rings. The lowest BCUT2D eigenvalue weighted by molar-refractivity contribution is -0.142. The van der Waals surface area contributed by atoms with Crippen LogP contribution in [-0.4, -0.2) is 16.9 Å². The van der Waals surface area contributed by atoms with Crippen LogP contribution in [0.3, 0.4) is 0 Å². The lowest BCUT2D eigenvalue weighted by Crippen LogP contribution is -2.24. The maximum Gasteiger partial charge on any atom is 0.307 e. The number of carbonyl (C=O) groups excluding carboxylic acids is 1. The van der Waals surface area contributed by atoms with Crippen LogP contribution in [0.4, 0.5) is 0 Å². The van der Waals surface area contributed by atoms with Gasteiger partial charge in [0.2, 0.25) is 0 Å². The molecular weight excluding hydrogens is 248 g/mol. The minimum Gasteiger partial charge on any atom is -0.481 e. The van der Waals surface area contributed by atoms with Crippen molar-refractivity contribution in [1.29, 1.82) is 0 Å². The van der Waals surface area contributed by atoms with Crippen LogP contribution in [0.2, 0.25) is 4.34 Å². The van der Waals surface area contributed by atoms with E-state index in [1.165, 1.54) is 11.3 Å². The predicted molar refractivity (Wildman–Crippen MR) is 62.1 cm³/mol. The molecule has 16 heavy (non-hydrogen) atoms. The van der Waals surface area contributed by atoms with Gasteiger partial charge in [-0.1, -0.05) is 18.0 Å². The van der Waals surface area contributed by atoms with Gasteiger partial charge in [0.15, 0.2) is 5.78 Å². The van der Waals surface area contributed by atoms with E-state index in [-0.39, 0.29) is 11.7 Å². The van der Waals surface area contributed by atoms with Crippen molar-refractivity contribution < 1.29 is 14.7 Å². The van der Waals surface area contributed by atoms with Crippen LogP contribution in [-0.2, 0) is 4.79 Å². The Bertz CT molecular complexity index is 427. The summed E-state index contributed by atoms with van der Waals surface area (Å²) < 4.78 is 0.563. The van der Waals surface area contributed by atoms with Crippen molar-refractivity contribution >= 4 is 34.7 Å². The van der Waals surface area contributed by atoms with E-state index < -0.39 is 11.9 Å². The molecule has 0 saturated heterocycles. The van der Waals surface area contributed by atoms with Crippen LogP contribution in [0.1, 0.15) is 28.9 Å². The number of carboxylic acid groups (broad SMARTS) is 1. The molecule has 0 aromatic carbocycles. The van der Waals surface area contributed by atoms with E-state index in [4.69, 9.17) is 16.7 Å². The molecule has 5 heteroatoms. The summed E-state index contributed by atoms with van der Waals surface area (Å²) in [5.74, 6) is -1.82. The Morgan fingerprint density at radius 3 is 2.56 bits per heavy atom. The summed E-state index contributed by atoms with van der Waals surface area (Å²) >= 11 is 6.98. The third-order valence-electron chi connectivity index (χ3n) is 2.99. The van der Waals surface area contributed by atoms with Crippen molar-refractivity contribution in [2.24, 2.45) is 11.8 Å². The van der Waals surface area contributed by atoms with Crippen molar-refractivity contribution in [1.82, 2.24) is 0 Å². The molecule has 0 amide bonds. The Hall–Kier alpha value is -0.870. The summed E-state index contributed by atoms with van der Waals surface area (Å²) in [4.78, 5) is 23.6. The molecule has 2 rings (SSSR count). The lowest BCUT2D eigenvalue weighted by atomic mass is 9.91. The molecule has 0 aliphatic heterocycles. The second kappa shape index (κ2) is 4.55. The molecule has 0 spiro atoms. The van der Waals surface area contributed by atoms with Gasteiger partial charge in [-0.15, -0.1) is 11.3 Å². The van der Waals surface area contributed by atoms with E-state index in [1.54, 1.807) is 12.1 Å². The Kier molecular flexibility index (Phi) is 3.30. The number of hydrogen-bond acceptors (Lipinski definition) is 3. The van der Waals surface area contributed by atoms with Gasteiger partial charge in [-0.05, 0) is 25.0 Å². The number of halogens is 1. The molecule has 1 fully saturated rings. The van der Waals surface area contributed by atoms with E-state index >= 15 is 0 Å². The van der Waals surface area contributed by atoms with E-state index in [9.17, 15) is 9.59 Å². The predicted octanol–water partition coefficient (Wildman–Crippen LogP) is 3.09. The second-order valence-corrected chi connectivity index (χ2v) is 5.67. The van der Waals surface area contributed by atoms with Crippen molar-refractivity contribution in [2.45, 2.75) is 19.3 Å². The maximum atomic E-state index is 12.1. The van der Waals surface area contributed by atoms with Gasteiger partial charge in [0.05, 0.1) is 15.1 Å². The topological polar surface area (TPSA) is 54.4 Å². The summed E-state index contributed by atoms with van der Waals surface area (Å²) in [5, 5.41) is 9.01. The highest BCUT2D eigenvalue weighted by atomic mass is 35.5. The van der Waals surface area contributed by atoms with Crippen molar-refractivity contribution in [3.63, 3.8) is 0 Å². The fourth-order valence-corrected chi connectivity index (χ4v) is 3.25. The SMILES string of the molecule is O=C(O)C1CCCC1C(=O)c1ccc(Cl)s1. The van der Waals surface area contributed by atoms with Gasteiger partial charge in [-0.3, -0.25) is 9.59 Å². The van der Waals surface area contributed by atoms with Crippen LogP contribution in [0.15, 0.2) is 12.1 Å². The van der Waals surface area contributed by atoms with Gasteiger partial charge in [0.25, 0.3) is 0 Å². The number of Topliss-reactive ketones (excluding diaryl/α,β-unsaturated/α-hetero) is 1. The number of aliphatic carboxylic acids is 1. The Balaban J connectivity index is 2.18. The molecule has 1 N–H and O–H groups in total. The molecule has 3 nitrogen and oxygen atoms in total. The lowest BCUT2D eigenvalue weighted by Gasteiger charge is -2.12. The van der Waals surface area contributed by atoms with Gasteiger partial charge in [-0.25, -0.2) is 0 Å². The van der Waals surface area contributed by atoms with Crippen LogP contribution in [0.25, 0.3) is 0 Å². The highest BCUT2D eigenvalue weighted by Crippen LogP contribution is 2.36. The minimum absolute atomic E-state index is 0.0678. The van der Waals surface area contributed by atoms with E-state index in [2.05, 4.69) is 0 Å². The van der Waals surface area contributed by atoms with Gasteiger partial charge in [-0.2, -0.15) is 0 Å². The molecule has 2 unspecified atom stereocenters. The number of hydrogen-bond donors (Lipinski definition) is 1. The Morgan fingerprint density at radius 2 is 2.00 bits per heavy atom. The molecule has 0 bridgehead atoms. The standard InChI is InChI=1S/C11H11ClO3S/c12-9-5-4-8(16-9)10(13)6-2-1-3-7(6)11(14)15/h4-7H,1-3H2,(H,14,15). The fraction of sp³-hybridized carbons (Fsp3) is 0.455. The first-order valence-corrected chi connectivity index (χ1v) is 6.31. The average Bonchev–Trinajstić information content (AvgIpc) is 2.84. The molecular formula is C11H11ClO3S. The molecule has 1 aromatic rings. The molecule has 1 saturated carbocycles. The van der Waals surface area contributed by atoms with Crippen LogP contribution in [0.5, 0.6) is 0 Å². The van der Waals surface area contributed by atoms with Gasteiger partial charge < -0.3 is 5.11 Å². The minimum atomic E-state index is -0.862. The smallest absolute Gasteiger partial charge is 0.307 e. The summed E-state index contributed by atoms with van der Waals surface area (Å²) in [7, 11) is 0. The third-order valence-corrected chi connectivity index (χ3v) is 4.23. The maximum absolute atomic E-state index is 12.1.